The minimum absolute atomic E-state index is 0.0709. The molecule has 0 aromatic heterocycles. The Kier molecular flexibility index (Phi) is 4.92. The Bertz CT molecular complexity index is 1250. The van der Waals surface area contributed by atoms with Gasteiger partial charge in [-0.05, 0) is 59.2 Å². The van der Waals surface area contributed by atoms with E-state index in [1.165, 1.54) is 0 Å². The van der Waals surface area contributed by atoms with Crippen LogP contribution in [0.3, 0.4) is 0 Å². The third-order valence-electron chi connectivity index (χ3n) is 6.81. The summed E-state index contributed by atoms with van der Waals surface area (Å²) in [6.07, 6.45) is 2.83. The number of amides is 1. The number of fused-ring (bicyclic) bond motifs is 7. The normalized spacial score (nSPS) is 17.3. The van der Waals surface area contributed by atoms with Crippen molar-refractivity contribution < 1.29 is 28.5 Å². The fraction of sp³-hybridized carbons (Fsp3) is 0.400. The van der Waals surface area contributed by atoms with E-state index in [0.29, 0.717) is 28.7 Å². The zero-order valence-electron chi connectivity index (χ0n) is 19.0. The van der Waals surface area contributed by atoms with Crippen LogP contribution in [0.4, 0.5) is 0 Å². The van der Waals surface area contributed by atoms with Crippen LogP contribution in [0.2, 0.25) is 0 Å². The van der Waals surface area contributed by atoms with Crippen LogP contribution in [0.1, 0.15) is 28.8 Å². The molecule has 2 aliphatic rings. The zero-order chi connectivity index (χ0) is 22.6. The van der Waals surface area contributed by atoms with Gasteiger partial charge in [0.25, 0.3) is 5.91 Å². The van der Waals surface area contributed by atoms with Crippen LogP contribution < -0.4 is 23.7 Å². The summed E-state index contributed by atoms with van der Waals surface area (Å²) < 4.78 is 28.3. The number of carbonyl (C=O) groups is 1. The zero-order valence-corrected chi connectivity index (χ0v) is 19.0. The van der Waals surface area contributed by atoms with Crippen LogP contribution in [0.15, 0.2) is 18.2 Å². The van der Waals surface area contributed by atoms with Gasteiger partial charge in [0.2, 0.25) is 5.75 Å². The highest BCUT2D eigenvalue weighted by Crippen LogP contribution is 2.51. The topological polar surface area (TPSA) is 66.5 Å². The Hall–Kier alpha value is -3.35. The molecule has 2 aliphatic heterocycles. The molecule has 32 heavy (non-hydrogen) atoms. The molecular weight excluding hydrogens is 410 g/mol. The van der Waals surface area contributed by atoms with Gasteiger partial charge in [0.15, 0.2) is 23.0 Å². The molecule has 168 valence electrons. The van der Waals surface area contributed by atoms with E-state index in [-0.39, 0.29) is 11.9 Å². The number of rotatable bonds is 5. The van der Waals surface area contributed by atoms with Crippen molar-refractivity contribution >= 4 is 27.5 Å². The lowest BCUT2D eigenvalue weighted by atomic mass is 9.84. The standard InChI is InChI=1S/C25H27NO6/c1-28-18-10-15-17(11-19(18)29-2)22-14(9-13-7-6-8-26(13)25(22)27)16-12-20(30-3)23(31-4)24(32-5)21(15)16/h10-13H,6-9H2,1-5H3. The Balaban J connectivity index is 2.01. The highest BCUT2D eigenvalue weighted by Gasteiger charge is 2.38. The molecule has 1 saturated heterocycles. The van der Waals surface area contributed by atoms with Crippen molar-refractivity contribution in [2.75, 3.05) is 42.1 Å². The van der Waals surface area contributed by atoms with Crippen molar-refractivity contribution in [3.8, 4) is 28.7 Å². The number of ether oxygens (including phenoxy) is 5. The number of hydrogen-bond acceptors (Lipinski definition) is 6. The third kappa shape index (κ3) is 2.70. The molecule has 7 nitrogen and oxygen atoms in total. The van der Waals surface area contributed by atoms with Gasteiger partial charge in [-0.1, -0.05) is 0 Å². The number of benzene rings is 3. The first-order chi connectivity index (χ1) is 15.6. The van der Waals surface area contributed by atoms with Crippen molar-refractivity contribution in [3.05, 3.63) is 29.3 Å². The first kappa shape index (κ1) is 20.5. The molecule has 7 heteroatoms. The maximum absolute atomic E-state index is 13.7. The molecule has 0 bridgehead atoms. The minimum atomic E-state index is 0.0709. The second kappa shape index (κ2) is 7.65. The molecule has 0 spiro atoms. The van der Waals surface area contributed by atoms with Crippen molar-refractivity contribution in [1.29, 1.82) is 0 Å². The molecular formula is C25H27NO6. The minimum Gasteiger partial charge on any atom is -0.493 e. The molecule has 3 aromatic carbocycles. The van der Waals surface area contributed by atoms with Crippen LogP contribution in [0, 0.1) is 0 Å². The van der Waals surface area contributed by atoms with E-state index in [1.807, 2.05) is 23.1 Å². The predicted molar refractivity (Wildman–Crippen MR) is 122 cm³/mol. The van der Waals surface area contributed by atoms with Gasteiger partial charge in [-0.3, -0.25) is 4.79 Å². The summed E-state index contributed by atoms with van der Waals surface area (Å²) in [6.45, 7) is 0.797. The monoisotopic (exact) mass is 437 g/mol. The average molecular weight is 437 g/mol. The summed E-state index contributed by atoms with van der Waals surface area (Å²) in [6, 6.07) is 5.99. The molecule has 2 heterocycles. The van der Waals surface area contributed by atoms with E-state index < -0.39 is 0 Å². The largest absolute Gasteiger partial charge is 0.493 e. The van der Waals surface area contributed by atoms with Gasteiger partial charge in [-0.25, -0.2) is 0 Å². The van der Waals surface area contributed by atoms with E-state index >= 15 is 0 Å². The molecule has 1 amide bonds. The molecule has 1 fully saturated rings. The van der Waals surface area contributed by atoms with Crippen LogP contribution in [-0.4, -0.2) is 58.9 Å². The van der Waals surface area contributed by atoms with Gasteiger partial charge in [-0.15, -0.1) is 0 Å². The Labute approximate surface area is 186 Å². The number of hydrogen-bond donors (Lipinski definition) is 0. The Morgan fingerprint density at radius 1 is 0.781 bits per heavy atom. The van der Waals surface area contributed by atoms with Crippen LogP contribution in [0.5, 0.6) is 28.7 Å². The highest BCUT2D eigenvalue weighted by molar-refractivity contribution is 6.22. The van der Waals surface area contributed by atoms with Gasteiger partial charge in [0.05, 0.1) is 41.1 Å². The van der Waals surface area contributed by atoms with Crippen molar-refractivity contribution in [1.82, 2.24) is 4.90 Å². The van der Waals surface area contributed by atoms with Gasteiger partial charge in [0.1, 0.15) is 0 Å². The van der Waals surface area contributed by atoms with E-state index in [9.17, 15) is 4.79 Å². The second-order valence-corrected chi connectivity index (χ2v) is 8.17. The summed E-state index contributed by atoms with van der Waals surface area (Å²) in [5.41, 5.74) is 1.74. The maximum atomic E-state index is 13.7. The fourth-order valence-corrected chi connectivity index (χ4v) is 5.40. The first-order valence-corrected chi connectivity index (χ1v) is 10.7. The van der Waals surface area contributed by atoms with Crippen LogP contribution in [-0.2, 0) is 6.42 Å². The molecule has 5 rings (SSSR count). The van der Waals surface area contributed by atoms with Gasteiger partial charge >= 0.3 is 0 Å². The molecule has 0 N–H and O–H groups in total. The van der Waals surface area contributed by atoms with Gasteiger partial charge in [-0.2, -0.15) is 0 Å². The van der Waals surface area contributed by atoms with Crippen molar-refractivity contribution in [3.63, 3.8) is 0 Å². The lowest BCUT2D eigenvalue weighted by Gasteiger charge is -2.33. The molecule has 0 aliphatic carbocycles. The molecule has 0 radical (unpaired) electrons. The first-order valence-electron chi connectivity index (χ1n) is 10.7. The van der Waals surface area contributed by atoms with Crippen LogP contribution in [0.25, 0.3) is 21.5 Å². The summed E-state index contributed by atoms with van der Waals surface area (Å²) >= 11 is 0. The molecule has 1 unspecified atom stereocenters. The number of nitrogens with zero attached hydrogens (tertiary/aromatic N) is 1. The molecule has 1 atom stereocenters. The smallest absolute Gasteiger partial charge is 0.255 e. The lowest BCUT2D eigenvalue weighted by Crippen LogP contribution is -2.41. The SMILES string of the molecule is COc1cc2c3c(c4cc(OC)c(OC)c(OC)c4c2cc1OC)CC1CCCN1C3=O. The van der Waals surface area contributed by atoms with E-state index in [0.717, 1.165) is 58.5 Å². The Morgan fingerprint density at radius 2 is 1.41 bits per heavy atom. The predicted octanol–water partition coefficient (Wildman–Crippen LogP) is 4.20. The van der Waals surface area contributed by atoms with Gasteiger partial charge < -0.3 is 28.6 Å². The van der Waals surface area contributed by atoms with E-state index in [1.54, 1.807) is 35.5 Å². The average Bonchev–Trinajstić information content (AvgIpc) is 3.30. The lowest BCUT2D eigenvalue weighted by molar-refractivity contribution is 0.0717. The number of carbonyl (C=O) groups excluding carboxylic acids is 1. The van der Waals surface area contributed by atoms with Gasteiger partial charge in [0, 0.05) is 18.0 Å². The third-order valence-corrected chi connectivity index (χ3v) is 6.81. The molecule has 3 aromatic rings. The van der Waals surface area contributed by atoms with Crippen molar-refractivity contribution in [2.24, 2.45) is 0 Å². The maximum Gasteiger partial charge on any atom is 0.255 e. The summed E-state index contributed by atoms with van der Waals surface area (Å²) in [5.74, 6) is 2.89. The van der Waals surface area contributed by atoms with Crippen molar-refractivity contribution in [2.45, 2.75) is 25.3 Å². The summed E-state index contributed by atoms with van der Waals surface area (Å²) in [4.78, 5) is 15.7. The summed E-state index contributed by atoms with van der Waals surface area (Å²) in [7, 11) is 8.02. The second-order valence-electron chi connectivity index (χ2n) is 8.17. The number of methoxy groups -OCH3 is 5. The molecule has 0 saturated carbocycles. The summed E-state index contributed by atoms with van der Waals surface area (Å²) in [5, 5.41) is 3.49. The highest BCUT2D eigenvalue weighted by atomic mass is 16.5. The Morgan fingerprint density at radius 3 is 2.03 bits per heavy atom. The van der Waals surface area contributed by atoms with Crippen LogP contribution >= 0.6 is 0 Å². The van der Waals surface area contributed by atoms with E-state index in [4.69, 9.17) is 23.7 Å². The van der Waals surface area contributed by atoms with E-state index in [2.05, 4.69) is 0 Å². The fourth-order valence-electron chi connectivity index (χ4n) is 5.40. The quantitative estimate of drug-likeness (QED) is 0.558.